The van der Waals surface area contributed by atoms with Gasteiger partial charge in [-0.3, -0.25) is 9.78 Å². The van der Waals surface area contributed by atoms with Gasteiger partial charge in [0.15, 0.2) is 0 Å². The van der Waals surface area contributed by atoms with E-state index in [1.165, 1.54) is 5.56 Å². The van der Waals surface area contributed by atoms with Crippen molar-refractivity contribution in [3.63, 3.8) is 0 Å². The third-order valence-corrected chi connectivity index (χ3v) is 5.30. The summed E-state index contributed by atoms with van der Waals surface area (Å²) in [5.41, 5.74) is 3.51. The average molecular weight is 396 g/mol. The Morgan fingerprint density at radius 1 is 1.16 bits per heavy atom. The predicted molar refractivity (Wildman–Crippen MR) is 101 cm³/mol. The maximum Gasteiger partial charge on any atom is 0.272 e. The molecule has 1 aliphatic rings. The van der Waals surface area contributed by atoms with E-state index < -0.39 is 0 Å². The Morgan fingerprint density at radius 2 is 1.96 bits per heavy atom. The predicted octanol–water partition coefficient (Wildman–Crippen LogP) is 4.68. The van der Waals surface area contributed by atoms with Gasteiger partial charge in [0.1, 0.15) is 5.69 Å². The summed E-state index contributed by atoms with van der Waals surface area (Å²) in [6.45, 7) is 2.74. The number of halogens is 1. The van der Waals surface area contributed by atoms with Crippen LogP contribution in [-0.2, 0) is 0 Å². The monoisotopic (exact) mass is 395 g/mol. The molecule has 1 aliphatic heterocycles. The lowest BCUT2D eigenvalue weighted by atomic mass is 10.0. The first-order valence-corrected chi connectivity index (χ1v) is 9.20. The van der Waals surface area contributed by atoms with Gasteiger partial charge in [-0.05, 0) is 55.2 Å². The van der Waals surface area contributed by atoms with Gasteiger partial charge in [0.2, 0.25) is 0 Å². The van der Waals surface area contributed by atoms with Gasteiger partial charge in [-0.15, -0.1) is 0 Å². The highest BCUT2D eigenvalue weighted by atomic mass is 79.9. The molecule has 5 heteroatoms. The van der Waals surface area contributed by atoms with Crippen molar-refractivity contribution in [2.45, 2.75) is 25.8 Å². The molecule has 0 unspecified atom stereocenters. The Labute approximate surface area is 155 Å². The summed E-state index contributed by atoms with van der Waals surface area (Å²) in [5.74, 6) is 0.00327. The Balaban J connectivity index is 1.67. The smallest absolute Gasteiger partial charge is 0.272 e. The van der Waals surface area contributed by atoms with E-state index in [1.807, 2.05) is 36.1 Å². The summed E-state index contributed by atoms with van der Waals surface area (Å²) in [5, 5.41) is 0.961. The molecule has 126 valence electrons. The van der Waals surface area contributed by atoms with Gasteiger partial charge in [0.05, 0.1) is 11.6 Å². The van der Waals surface area contributed by atoms with Crippen LogP contribution in [0.15, 0.2) is 53.3 Å². The van der Waals surface area contributed by atoms with Crippen molar-refractivity contribution in [3.05, 3.63) is 70.1 Å². The lowest BCUT2D eigenvalue weighted by molar-refractivity contribution is 0.0730. The number of hydrogen-bond donors (Lipinski definition) is 0. The SMILES string of the molecule is Cc1cncc2ccc(C(=O)N3CCC[C@H]3c3ccc(Br)cc3)nc12. The maximum absolute atomic E-state index is 13.1. The highest BCUT2D eigenvalue weighted by Crippen LogP contribution is 2.33. The molecule has 3 aromatic rings. The van der Waals surface area contributed by atoms with E-state index in [0.717, 1.165) is 40.3 Å². The molecule has 4 nitrogen and oxygen atoms in total. The maximum atomic E-state index is 13.1. The Bertz CT molecular complexity index is 939. The number of aromatic nitrogens is 2. The zero-order chi connectivity index (χ0) is 17.4. The summed E-state index contributed by atoms with van der Waals surface area (Å²) in [6, 6.07) is 12.1. The normalized spacial score (nSPS) is 17.2. The van der Waals surface area contributed by atoms with Crippen LogP contribution in [-0.4, -0.2) is 27.3 Å². The van der Waals surface area contributed by atoms with Crippen LogP contribution < -0.4 is 0 Å². The Hall–Kier alpha value is -2.27. The Kier molecular flexibility index (Phi) is 4.25. The van der Waals surface area contributed by atoms with Crippen LogP contribution in [0.3, 0.4) is 0 Å². The van der Waals surface area contributed by atoms with Crippen molar-refractivity contribution in [2.75, 3.05) is 6.54 Å². The fraction of sp³-hybridized carbons (Fsp3) is 0.250. The van der Waals surface area contributed by atoms with Gasteiger partial charge in [0, 0.05) is 28.8 Å². The lowest BCUT2D eigenvalue weighted by Crippen LogP contribution is -2.31. The van der Waals surface area contributed by atoms with Gasteiger partial charge >= 0.3 is 0 Å². The van der Waals surface area contributed by atoms with Crippen molar-refractivity contribution in [2.24, 2.45) is 0 Å². The summed E-state index contributed by atoms with van der Waals surface area (Å²) < 4.78 is 1.05. The number of amides is 1. The molecule has 1 saturated heterocycles. The quantitative estimate of drug-likeness (QED) is 0.632. The van der Waals surface area contributed by atoms with Crippen molar-refractivity contribution in [1.82, 2.24) is 14.9 Å². The molecule has 0 spiro atoms. The van der Waals surface area contributed by atoms with E-state index in [-0.39, 0.29) is 11.9 Å². The van der Waals surface area contributed by atoms with Crippen LogP contribution >= 0.6 is 15.9 Å². The van der Waals surface area contributed by atoms with Gasteiger partial charge in [-0.1, -0.05) is 28.1 Å². The van der Waals surface area contributed by atoms with Crippen LogP contribution in [0.4, 0.5) is 0 Å². The number of benzene rings is 1. The first-order valence-electron chi connectivity index (χ1n) is 8.41. The molecule has 0 aliphatic carbocycles. The van der Waals surface area contributed by atoms with Crippen LogP contribution in [0.2, 0.25) is 0 Å². The topological polar surface area (TPSA) is 46.1 Å². The van der Waals surface area contributed by atoms with E-state index in [2.05, 4.69) is 38.0 Å². The molecule has 1 aromatic carbocycles. The van der Waals surface area contributed by atoms with E-state index in [1.54, 1.807) is 12.4 Å². The molecule has 0 bridgehead atoms. The van der Waals surface area contributed by atoms with Crippen molar-refractivity contribution in [3.8, 4) is 0 Å². The fourth-order valence-corrected chi connectivity index (χ4v) is 3.75. The highest BCUT2D eigenvalue weighted by Gasteiger charge is 2.31. The number of likely N-dealkylation sites (tertiary alicyclic amines) is 1. The molecule has 3 heterocycles. The van der Waals surface area contributed by atoms with E-state index >= 15 is 0 Å². The third-order valence-electron chi connectivity index (χ3n) is 4.77. The van der Waals surface area contributed by atoms with Crippen LogP contribution in [0, 0.1) is 6.92 Å². The van der Waals surface area contributed by atoms with Crippen molar-refractivity contribution < 1.29 is 4.79 Å². The largest absolute Gasteiger partial charge is 0.330 e. The average Bonchev–Trinajstić information content (AvgIpc) is 3.11. The number of fused-ring (bicyclic) bond motifs is 1. The second kappa shape index (κ2) is 6.56. The lowest BCUT2D eigenvalue weighted by Gasteiger charge is -2.25. The Morgan fingerprint density at radius 3 is 2.76 bits per heavy atom. The molecule has 0 N–H and O–H groups in total. The minimum atomic E-state index is 0.00327. The van der Waals surface area contributed by atoms with E-state index in [9.17, 15) is 4.79 Å². The zero-order valence-corrected chi connectivity index (χ0v) is 15.5. The number of aryl methyl sites for hydroxylation is 1. The van der Waals surface area contributed by atoms with Crippen LogP contribution in [0.1, 0.15) is 40.5 Å². The minimum Gasteiger partial charge on any atom is -0.330 e. The fourth-order valence-electron chi connectivity index (χ4n) is 3.49. The molecular formula is C20H18BrN3O. The van der Waals surface area contributed by atoms with Gasteiger partial charge in [-0.25, -0.2) is 4.98 Å². The van der Waals surface area contributed by atoms with E-state index in [4.69, 9.17) is 0 Å². The van der Waals surface area contributed by atoms with Gasteiger partial charge in [0.25, 0.3) is 5.91 Å². The second-order valence-electron chi connectivity index (χ2n) is 6.43. The standard InChI is InChI=1S/C20H18BrN3O/c1-13-11-22-12-15-6-9-17(23-19(13)15)20(25)24-10-2-3-18(24)14-4-7-16(21)8-5-14/h4-9,11-12,18H,2-3,10H2,1H3/t18-/m0/s1. The zero-order valence-electron chi connectivity index (χ0n) is 13.9. The second-order valence-corrected chi connectivity index (χ2v) is 7.35. The minimum absolute atomic E-state index is 0.00327. The summed E-state index contributed by atoms with van der Waals surface area (Å²) in [4.78, 5) is 23.9. The highest BCUT2D eigenvalue weighted by molar-refractivity contribution is 9.10. The number of nitrogens with zero attached hydrogens (tertiary/aromatic N) is 3. The molecule has 4 rings (SSSR count). The third kappa shape index (κ3) is 3.04. The first-order chi connectivity index (χ1) is 12.1. The molecule has 1 amide bonds. The summed E-state index contributed by atoms with van der Waals surface area (Å²) in [7, 11) is 0. The molecule has 1 fully saturated rings. The van der Waals surface area contributed by atoms with Crippen molar-refractivity contribution in [1.29, 1.82) is 0 Å². The van der Waals surface area contributed by atoms with Gasteiger partial charge < -0.3 is 4.90 Å². The van der Waals surface area contributed by atoms with Gasteiger partial charge in [-0.2, -0.15) is 0 Å². The van der Waals surface area contributed by atoms with Crippen LogP contribution in [0.25, 0.3) is 10.9 Å². The first kappa shape index (κ1) is 16.2. The molecule has 0 saturated carbocycles. The molecule has 1 atom stereocenters. The molecular weight excluding hydrogens is 378 g/mol. The number of carbonyl (C=O) groups is 1. The molecule has 25 heavy (non-hydrogen) atoms. The van der Waals surface area contributed by atoms with Crippen LogP contribution in [0.5, 0.6) is 0 Å². The number of carbonyl (C=O) groups excluding carboxylic acids is 1. The summed E-state index contributed by atoms with van der Waals surface area (Å²) in [6.07, 6.45) is 5.57. The molecule has 2 aromatic heterocycles. The van der Waals surface area contributed by atoms with Crippen molar-refractivity contribution >= 4 is 32.7 Å². The number of rotatable bonds is 2. The van der Waals surface area contributed by atoms with E-state index in [0.29, 0.717) is 5.69 Å². The number of hydrogen-bond acceptors (Lipinski definition) is 3. The summed E-state index contributed by atoms with van der Waals surface area (Å²) >= 11 is 3.47. The number of pyridine rings is 2. The molecule has 0 radical (unpaired) electrons.